The summed E-state index contributed by atoms with van der Waals surface area (Å²) in [5, 5.41) is 0. The van der Waals surface area contributed by atoms with E-state index in [2.05, 4.69) is 0 Å². The van der Waals surface area contributed by atoms with Gasteiger partial charge in [-0.1, -0.05) is 0 Å². The van der Waals surface area contributed by atoms with Gasteiger partial charge in [-0.05, 0) is 0 Å². The van der Waals surface area contributed by atoms with Crippen LogP contribution in [0, 0.1) is 0 Å². The number of hydrogen-bond donors (Lipinski definition) is 2. The Hall–Kier alpha value is 0.532. The van der Waals surface area contributed by atoms with Crippen LogP contribution >= 0.6 is 0 Å². The molecular weight excluding hydrogens is 495 g/mol. The van der Waals surface area contributed by atoms with Crippen molar-refractivity contribution in [1.29, 1.82) is 0 Å². The molecule has 0 saturated heterocycles. The number of rotatable bonds is 0. The number of hydrogen-bond acceptors (Lipinski definition) is 10. The molecule has 4 radical (unpaired) electrons. The smallest absolute Gasteiger partial charge is 0.394 e. The van der Waals surface area contributed by atoms with Crippen molar-refractivity contribution in [3.8, 4) is 0 Å². The van der Waals surface area contributed by atoms with E-state index in [9.17, 15) is 0 Å². The first-order valence-electron chi connectivity index (χ1n) is 2.03. The molecule has 0 aromatic carbocycles. The topological polar surface area (TPSA) is 235 Å². The van der Waals surface area contributed by atoms with Crippen molar-refractivity contribution in [3.63, 3.8) is 0 Å². The van der Waals surface area contributed by atoms with E-state index >= 15 is 0 Å². The standard InChI is InChI=1S/3H2O4S.Pb/c3*1-5(2,3)4;/h3*(H2,1,2,3,4);/p-4. The predicted molar refractivity (Wildman–Crippen MR) is 40.9 cm³/mol. The molecule has 0 aromatic heterocycles. The van der Waals surface area contributed by atoms with Gasteiger partial charge in [-0.25, -0.2) is 0 Å². The van der Waals surface area contributed by atoms with Crippen molar-refractivity contribution in [3.05, 3.63) is 0 Å². The molecule has 0 saturated carbocycles. The molecule has 100 valence electrons. The van der Waals surface area contributed by atoms with E-state index in [4.69, 9.17) is 52.6 Å². The molecule has 0 amide bonds. The fourth-order valence-electron chi connectivity index (χ4n) is 0. The Morgan fingerprint density at radius 1 is 0.625 bits per heavy atom. The van der Waals surface area contributed by atoms with Gasteiger partial charge >= 0.3 is 10.4 Å². The molecule has 0 aromatic rings. The van der Waals surface area contributed by atoms with Crippen molar-refractivity contribution in [1.82, 2.24) is 0 Å². The van der Waals surface area contributed by atoms with Crippen LogP contribution in [0.15, 0.2) is 0 Å². The van der Waals surface area contributed by atoms with Gasteiger partial charge in [0, 0.05) is 48.1 Å². The Morgan fingerprint density at radius 2 is 0.625 bits per heavy atom. The summed E-state index contributed by atoms with van der Waals surface area (Å²) < 4.78 is 99.7. The van der Waals surface area contributed by atoms with Crippen molar-refractivity contribution < 1.29 is 52.6 Å². The molecule has 0 aliphatic heterocycles. The zero-order valence-electron chi connectivity index (χ0n) is 6.70. The normalized spacial score (nSPS) is 10.9. The summed E-state index contributed by atoms with van der Waals surface area (Å²) in [6.07, 6.45) is 0. The Balaban J connectivity index is -0.0000000655. The average Bonchev–Trinajstić information content (AvgIpc) is 1.41. The molecule has 0 fully saturated rings. The van der Waals surface area contributed by atoms with Crippen molar-refractivity contribution >= 4 is 58.5 Å². The van der Waals surface area contributed by atoms with E-state index in [0.717, 1.165) is 0 Å². The third kappa shape index (κ3) is 9400. The van der Waals surface area contributed by atoms with Crippen LogP contribution in [0.2, 0.25) is 0 Å². The van der Waals surface area contributed by atoms with Gasteiger partial charge in [-0.3, -0.25) is 25.9 Å². The Morgan fingerprint density at radius 3 is 0.625 bits per heavy atom. The van der Waals surface area contributed by atoms with Gasteiger partial charge in [0.1, 0.15) is 0 Å². The molecule has 0 unspecified atom stereocenters. The maximum absolute atomic E-state index is 8.74. The molecule has 0 bridgehead atoms. The summed E-state index contributed by atoms with van der Waals surface area (Å²) in [5.41, 5.74) is 0. The second kappa shape index (κ2) is 9.55. The summed E-state index contributed by atoms with van der Waals surface area (Å²) >= 11 is 0. The molecule has 0 aliphatic carbocycles. The molecule has 0 spiro atoms. The average molecular weight is 497 g/mol. The van der Waals surface area contributed by atoms with Crippen molar-refractivity contribution in [2.24, 2.45) is 0 Å². The third-order valence-corrected chi connectivity index (χ3v) is 0. The monoisotopic (exact) mass is 498 g/mol. The second-order valence-electron chi connectivity index (χ2n) is 1.26. The largest absolute Gasteiger partial charge is 0.759 e. The summed E-state index contributed by atoms with van der Waals surface area (Å²) in [6, 6.07) is 0. The van der Waals surface area contributed by atoms with E-state index in [-0.39, 0.29) is 27.3 Å². The van der Waals surface area contributed by atoms with E-state index in [1.807, 2.05) is 0 Å². The van der Waals surface area contributed by atoms with Crippen LogP contribution in [-0.2, 0) is 31.2 Å². The van der Waals surface area contributed by atoms with Gasteiger partial charge in [0.05, 0.1) is 0 Å². The zero-order valence-corrected chi connectivity index (χ0v) is 13.0. The Bertz CT molecular complexity index is 337. The van der Waals surface area contributed by atoms with Crippen LogP contribution in [-0.4, -0.2) is 79.9 Å². The van der Waals surface area contributed by atoms with E-state index in [1.54, 1.807) is 0 Å². The predicted octanol–water partition coefficient (Wildman–Crippen LogP) is -3.71. The van der Waals surface area contributed by atoms with Gasteiger partial charge in [0.2, 0.25) is 0 Å². The van der Waals surface area contributed by atoms with Crippen LogP contribution < -0.4 is 0 Å². The maximum atomic E-state index is 8.74. The third-order valence-electron chi connectivity index (χ3n) is 0. The minimum absolute atomic E-state index is 0. The fourth-order valence-corrected chi connectivity index (χ4v) is 0. The first-order chi connectivity index (χ1) is 6.00. The van der Waals surface area contributed by atoms with Gasteiger partial charge in [-0.15, -0.1) is 0 Å². The molecule has 0 heterocycles. The Labute approximate surface area is 111 Å². The zero-order chi connectivity index (χ0) is 13.5. The first kappa shape index (κ1) is 25.4. The molecule has 2 N–H and O–H groups in total. The molecule has 12 nitrogen and oxygen atoms in total. The molecular formula is H2O12PbS3-4. The van der Waals surface area contributed by atoms with Crippen LogP contribution in [0.3, 0.4) is 0 Å². The van der Waals surface area contributed by atoms with E-state index in [0.29, 0.717) is 0 Å². The quantitative estimate of drug-likeness (QED) is 0.187. The summed E-state index contributed by atoms with van der Waals surface area (Å²) in [6.45, 7) is 0. The fraction of sp³-hybridized carbons (Fsp3) is 0. The van der Waals surface area contributed by atoms with Crippen LogP contribution in [0.25, 0.3) is 0 Å². The van der Waals surface area contributed by atoms with Crippen LogP contribution in [0.1, 0.15) is 0 Å². The molecule has 0 rings (SSSR count). The second-order valence-corrected chi connectivity index (χ2v) is 3.79. The van der Waals surface area contributed by atoms with Gasteiger partial charge in [-0.2, -0.15) is 8.42 Å². The van der Waals surface area contributed by atoms with Crippen molar-refractivity contribution in [2.45, 2.75) is 0 Å². The van der Waals surface area contributed by atoms with Crippen molar-refractivity contribution in [2.75, 3.05) is 0 Å². The summed E-state index contributed by atoms with van der Waals surface area (Å²) in [7, 11) is -15.0. The SMILES string of the molecule is O=S(=O)(O)O.O=S(=O)([O-])[O-].O=S(=O)([O-])[O-].[Pb]. The minimum Gasteiger partial charge on any atom is -0.759 e. The van der Waals surface area contributed by atoms with E-state index in [1.165, 1.54) is 0 Å². The van der Waals surface area contributed by atoms with Crippen LogP contribution in [0.5, 0.6) is 0 Å². The maximum Gasteiger partial charge on any atom is 0.394 e. The summed E-state index contributed by atoms with van der Waals surface area (Å²) in [4.78, 5) is 0. The van der Waals surface area contributed by atoms with Gasteiger partial charge < -0.3 is 18.2 Å². The van der Waals surface area contributed by atoms with E-state index < -0.39 is 31.2 Å². The van der Waals surface area contributed by atoms with Crippen LogP contribution in [0.4, 0.5) is 0 Å². The van der Waals surface area contributed by atoms with Gasteiger partial charge in [0.25, 0.3) is 0 Å². The molecule has 16 heteroatoms. The molecule has 0 aliphatic rings. The first-order valence-corrected chi connectivity index (χ1v) is 6.10. The minimum atomic E-state index is -5.17. The summed E-state index contributed by atoms with van der Waals surface area (Å²) in [5.74, 6) is 0. The molecule has 0 atom stereocenters. The Kier molecular flexibility index (Phi) is 15.2. The molecule has 16 heavy (non-hydrogen) atoms. The van der Waals surface area contributed by atoms with Gasteiger partial charge in [0.15, 0.2) is 0 Å².